The molecule has 1 unspecified atom stereocenters. The molecule has 8 nitrogen and oxygen atoms in total. The molecule has 0 N–H and O–H groups in total. The quantitative estimate of drug-likeness (QED) is 0.797. The Labute approximate surface area is 151 Å². The zero-order chi connectivity index (χ0) is 18.1. The van der Waals surface area contributed by atoms with Gasteiger partial charge in [0.15, 0.2) is 0 Å². The average molecular weight is 377 g/mol. The highest BCUT2D eigenvalue weighted by atomic mass is 32.2. The fraction of sp³-hybridized carbons (Fsp3) is 0.412. The maximum Gasteiger partial charge on any atom is 0.246 e. The number of rotatable bonds is 4. The van der Waals surface area contributed by atoms with E-state index in [1.165, 1.54) is 16.1 Å². The molecule has 2 aliphatic heterocycles. The van der Waals surface area contributed by atoms with Crippen molar-refractivity contribution in [3.8, 4) is 5.75 Å². The first-order valence-corrected chi connectivity index (χ1v) is 10.2. The second-order valence-corrected chi connectivity index (χ2v) is 8.24. The second-order valence-electron chi connectivity index (χ2n) is 6.26. The van der Waals surface area contributed by atoms with Crippen LogP contribution >= 0.6 is 0 Å². The highest BCUT2D eigenvalue weighted by Gasteiger charge is 2.30. The molecular weight excluding hydrogens is 358 g/mol. The smallest absolute Gasteiger partial charge is 0.246 e. The number of sulfonamides is 1. The maximum atomic E-state index is 11.7. The Kier molecular flexibility index (Phi) is 4.51. The van der Waals surface area contributed by atoms with Crippen molar-refractivity contribution in [3.63, 3.8) is 0 Å². The third kappa shape index (κ3) is 3.64. The van der Waals surface area contributed by atoms with Gasteiger partial charge in [0.1, 0.15) is 11.9 Å². The lowest BCUT2D eigenvalue weighted by Crippen LogP contribution is -2.41. The van der Waals surface area contributed by atoms with Crippen molar-refractivity contribution in [2.45, 2.75) is 12.5 Å². The summed E-state index contributed by atoms with van der Waals surface area (Å²) in [6.45, 7) is 1.52. The Morgan fingerprint density at radius 1 is 1.23 bits per heavy atom. The topological polar surface area (TPSA) is 94.8 Å². The van der Waals surface area contributed by atoms with E-state index in [1.807, 2.05) is 18.2 Å². The van der Waals surface area contributed by atoms with E-state index in [2.05, 4.69) is 16.3 Å². The first kappa shape index (κ1) is 17.2. The van der Waals surface area contributed by atoms with Crippen LogP contribution in [-0.2, 0) is 21.2 Å². The molecular formula is C17H19N3O5S. The lowest BCUT2D eigenvalue weighted by atomic mass is 10.1. The molecule has 0 saturated carbocycles. The molecule has 1 aromatic carbocycles. The van der Waals surface area contributed by atoms with Crippen LogP contribution in [0.1, 0.15) is 29.0 Å². The van der Waals surface area contributed by atoms with Gasteiger partial charge in [-0.3, -0.25) is 0 Å². The number of fused-ring (bicyclic) bond motifs is 1. The summed E-state index contributed by atoms with van der Waals surface area (Å²) in [5.74, 6) is 1.56. The summed E-state index contributed by atoms with van der Waals surface area (Å²) in [5.41, 5.74) is 2.21. The van der Waals surface area contributed by atoms with Crippen molar-refractivity contribution < 1.29 is 22.3 Å². The Hall–Kier alpha value is -2.23. The van der Waals surface area contributed by atoms with Crippen molar-refractivity contribution in [3.05, 3.63) is 41.1 Å². The SMILES string of the molecule is CS(=O)(=O)N1CCOC(c2nnc(/C=C/c3ccc4c(c3)CCO4)o2)C1. The van der Waals surface area contributed by atoms with Crippen molar-refractivity contribution in [1.82, 2.24) is 14.5 Å². The molecule has 4 rings (SSSR count). The predicted molar refractivity (Wildman–Crippen MR) is 94.0 cm³/mol. The Balaban J connectivity index is 1.46. The van der Waals surface area contributed by atoms with Crippen LogP contribution in [0, 0.1) is 0 Å². The number of ether oxygens (including phenoxy) is 2. The van der Waals surface area contributed by atoms with Gasteiger partial charge in [-0.1, -0.05) is 6.07 Å². The van der Waals surface area contributed by atoms with Crippen LogP contribution in [0.25, 0.3) is 12.2 Å². The molecule has 138 valence electrons. The number of hydrogen-bond donors (Lipinski definition) is 0. The highest BCUT2D eigenvalue weighted by molar-refractivity contribution is 7.88. The van der Waals surface area contributed by atoms with E-state index in [4.69, 9.17) is 13.9 Å². The summed E-state index contributed by atoms with van der Waals surface area (Å²) in [7, 11) is -3.27. The van der Waals surface area contributed by atoms with Gasteiger partial charge in [-0.2, -0.15) is 4.31 Å². The molecule has 26 heavy (non-hydrogen) atoms. The Morgan fingerprint density at radius 3 is 2.96 bits per heavy atom. The first-order chi connectivity index (χ1) is 12.5. The monoisotopic (exact) mass is 377 g/mol. The number of nitrogens with zero attached hydrogens (tertiary/aromatic N) is 3. The Morgan fingerprint density at radius 2 is 2.12 bits per heavy atom. The van der Waals surface area contributed by atoms with Crippen LogP contribution < -0.4 is 4.74 Å². The van der Waals surface area contributed by atoms with Gasteiger partial charge < -0.3 is 13.9 Å². The summed E-state index contributed by atoms with van der Waals surface area (Å²) in [4.78, 5) is 0. The molecule has 1 saturated heterocycles. The van der Waals surface area contributed by atoms with Gasteiger partial charge in [0.2, 0.25) is 21.8 Å². The first-order valence-electron chi connectivity index (χ1n) is 8.33. The molecule has 0 amide bonds. The summed E-state index contributed by atoms with van der Waals surface area (Å²) >= 11 is 0. The van der Waals surface area contributed by atoms with Gasteiger partial charge in [0, 0.05) is 25.6 Å². The van der Waals surface area contributed by atoms with Gasteiger partial charge >= 0.3 is 0 Å². The third-order valence-corrected chi connectivity index (χ3v) is 5.63. The standard InChI is InChI=1S/C17H19N3O5S/c1-26(21,22)20-7-9-24-15(11-20)17-19-18-16(25-17)5-3-12-2-4-14-13(10-12)6-8-23-14/h2-5,10,15H,6-9,11H2,1H3/b5-3+. The molecule has 0 bridgehead atoms. The largest absolute Gasteiger partial charge is 0.493 e. The Bertz CT molecular complexity index is 938. The zero-order valence-electron chi connectivity index (χ0n) is 14.3. The van der Waals surface area contributed by atoms with Gasteiger partial charge in [-0.15, -0.1) is 10.2 Å². The third-order valence-electron chi connectivity index (χ3n) is 4.36. The molecule has 1 atom stereocenters. The maximum absolute atomic E-state index is 11.7. The normalized spacial score (nSPS) is 21.0. The van der Waals surface area contributed by atoms with E-state index >= 15 is 0 Å². The summed E-state index contributed by atoms with van der Waals surface area (Å²) in [6.07, 6.45) is 5.16. The van der Waals surface area contributed by atoms with Crippen molar-refractivity contribution in [1.29, 1.82) is 0 Å². The van der Waals surface area contributed by atoms with E-state index in [-0.39, 0.29) is 12.4 Å². The molecule has 2 aliphatic rings. The van der Waals surface area contributed by atoms with Gasteiger partial charge in [-0.25, -0.2) is 8.42 Å². The van der Waals surface area contributed by atoms with Crippen LogP contribution in [0.15, 0.2) is 22.6 Å². The predicted octanol–water partition coefficient (Wildman–Crippen LogP) is 1.51. The highest BCUT2D eigenvalue weighted by Crippen LogP contribution is 2.27. The minimum Gasteiger partial charge on any atom is -0.493 e. The lowest BCUT2D eigenvalue weighted by Gasteiger charge is -2.29. The molecule has 3 heterocycles. The summed E-state index contributed by atoms with van der Waals surface area (Å²) in [6, 6.07) is 5.99. The van der Waals surface area contributed by atoms with Crippen molar-refractivity contribution >= 4 is 22.2 Å². The molecule has 2 aromatic rings. The van der Waals surface area contributed by atoms with E-state index in [1.54, 1.807) is 6.08 Å². The van der Waals surface area contributed by atoms with E-state index in [0.717, 1.165) is 24.3 Å². The summed E-state index contributed by atoms with van der Waals surface area (Å²) < 4.78 is 41.4. The van der Waals surface area contributed by atoms with Crippen molar-refractivity contribution in [2.75, 3.05) is 32.6 Å². The molecule has 1 aromatic heterocycles. The van der Waals surface area contributed by atoms with E-state index < -0.39 is 16.1 Å². The van der Waals surface area contributed by atoms with E-state index in [9.17, 15) is 8.42 Å². The minimum atomic E-state index is -3.27. The van der Waals surface area contributed by atoms with Gasteiger partial charge in [0.25, 0.3) is 0 Å². The summed E-state index contributed by atoms with van der Waals surface area (Å²) in [5, 5.41) is 7.98. The molecule has 1 fully saturated rings. The van der Waals surface area contributed by atoms with Crippen molar-refractivity contribution in [2.24, 2.45) is 0 Å². The fourth-order valence-electron chi connectivity index (χ4n) is 3.00. The van der Waals surface area contributed by atoms with Crippen LogP contribution in [0.5, 0.6) is 5.75 Å². The van der Waals surface area contributed by atoms with E-state index in [0.29, 0.717) is 19.0 Å². The second kappa shape index (κ2) is 6.82. The van der Waals surface area contributed by atoms with Crippen LogP contribution in [0.3, 0.4) is 0 Å². The number of hydrogen-bond acceptors (Lipinski definition) is 7. The van der Waals surface area contributed by atoms with Gasteiger partial charge in [0.05, 0.1) is 19.5 Å². The molecule has 0 spiro atoms. The lowest BCUT2D eigenvalue weighted by molar-refractivity contribution is -0.0172. The molecule has 0 aliphatic carbocycles. The number of aromatic nitrogens is 2. The average Bonchev–Trinajstić information content (AvgIpc) is 3.28. The zero-order valence-corrected chi connectivity index (χ0v) is 15.1. The minimum absolute atomic E-state index is 0.176. The van der Waals surface area contributed by atoms with Gasteiger partial charge in [-0.05, 0) is 29.3 Å². The van der Waals surface area contributed by atoms with Crippen LogP contribution in [0.2, 0.25) is 0 Å². The number of morpholine rings is 1. The molecule has 0 radical (unpaired) electrons. The number of benzene rings is 1. The molecule has 9 heteroatoms. The fourth-order valence-corrected chi connectivity index (χ4v) is 3.81. The van der Waals surface area contributed by atoms with Crippen LogP contribution in [0.4, 0.5) is 0 Å². The van der Waals surface area contributed by atoms with Crippen LogP contribution in [-0.4, -0.2) is 55.5 Å².